The minimum absolute atomic E-state index is 0.0492. The molecule has 0 saturated carbocycles. The van der Waals surface area contributed by atoms with Crippen LogP contribution < -0.4 is 27.8 Å². The summed E-state index contributed by atoms with van der Waals surface area (Å²) in [7, 11) is 0. The third-order valence-corrected chi connectivity index (χ3v) is 10.3. The van der Waals surface area contributed by atoms with Gasteiger partial charge in [0.1, 0.15) is 36.3 Å². The normalized spacial score (nSPS) is 21.6. The highest BCUT2D eigenvalue weighted by Gasteiger charge is 2.44. The van der Waals surface area contributed by atoms with Gasteiger partial charge in [0.2, 0.25) is 29.5 Å². The Balaban J connectivity index is 1.36. The molecule has 3 aliphatic heterocycles. The number of nitrogens with two attached hydrogens (primary N) is 3. The van der Waals surface area contributed by atoms with E-state index in [0.717, 1.165) is 16.5 Å². The zero-order chi connectivity index (χ0) is 38.2. The maximum Gasteiger partial charge on any atom is 0.326 e. The standard InChI is InChI=1S/C35H50N10O8/c36-22(19-46)31(49)44-15-5-11-27(44)33(51)43-14-4-10-26(43)30(48)41-24(9-3-13-39-35(37)38)29(47)42-25(32(50)45-16-6-12-28(45)34(52)53)17-20-18-40-23-8-2-1-7-21(20)23/h1-2,7-8,18,22,24-28,40,46H,3-6,9-17,19,36H2,(H,41,48)(H,42,47)(H,52,53)(H4,37,38,39). The number of carbonyl (C=O) groups is 6. The number of carboxylic acids is 1. The number of likely N-dealkylation sites (tertiary alicyclic amines) is 3. The summed E-state index contributed by atoms with van der Waals surface area (Å²) in [4.78, 5) is 91.9. The van der Waals surface area contributed by atoms with Gasteiger partial charge in [-0.1, -0.05) is 18.2 Å². The fourth-order valence-electron chi connectivity index (χ4n) is 7.59. The summed E-state index contributed by atoms with van der Waals surface area (Å²) >= 11 is 0. The average Bonchev–Trinajstić information content (AvgIpc) is 3.97. The number of aliphatic carboxylic acids is 1. The number of nitrogens with zero attached hydrogens (tertiary/aromatic N) is 4. The molecule has 6 atom stereocenters. The van der Waals surface area contributed by atoms with E-state index in [9.17, 15) is 39.0 Å². The molecule has 288 valence electrons. The minimum Gasteiger partial charge on any atom is -0.480 e. The van der Waals surface area contributed by atoms with Crippen molar-refractivity contribution in [2.45, 2.75) is 94.0 Å². The Morgan fingerprint density at radius 3 is 2.19 bits per heavy atom. The van der Waals surface area contributed by atoms with Crippen LogP contribution in [0.25, 0.3) is 10.9 Å². The first-order valence-corrected chi connectivity index (χ1v) is 18.1. The molecule has 6 unspecified atom stereocenters. The number of benzene rings is 1. The first kappa shape index (κ1) is 39.0. The van der Waals surface area contributed by atoms with Crippen molar-refractivity contribution in [3.63, 3.8) is 0 Å². The first-order valence-electron chi connectivity index (χ1n) is 18.1. The van der Waals surface area contributed by atoms with Gasteiger partial charge in [0.25, 0.3) is 0 Å². The first-order chi connectivity index (χ1) is 25.4. The minimum atomic E-state index is -1.17. The van der Waals surface area contributed by atoms with Gasteiger partial charge in [-0.15, -0.1) is 0 Å². The Labute approximate surface area is 306 Å². The van der Waals surface area contributed by atoms with Gasteiger partial charge in [-0.25, -0.2) is 4.79 Å². The number of rotatable bonds is 15. The Morgan fingerprint density at radius 2 is 1.51 bits per heavy atom. The molecule has 53 heavy (non-hydrogen) atoms. The number of para-hydroxylation sites is 1. The average molecular weight is 739 g/mol. The van der Waals surface area contributed by atoms with Crippen molar-refractivity contribution in [1.29, 1.82) is 0 Å². The summed E-state index contributed by atoms with van der Waals surface area (Å²) < 4.78 is 0. The predicted molar refractivity (Wildman–Crippen MR) is 193 cm³/mol. The van der Waals surface area contributed by atoms with Gasteiger partial charge in [0.05, 0.1) is 6.61 Å². The highest BCUT2D eigenvalue weighted by molar-refractivity contribution is 5.97. The second-order valence-corrected chi connectivity index (χ2v) is 13.8. The SMILES string of the molecule is NC(N)=NCCCC(NC(=O)C1CCCN1C(=O)C1CCCN1C(=O)C(N)CO)C(=O)NC(Cc1c[nH]c2ccccc12)C(=O)N1CCCC1C(=O)O. The molecule has 1 aromatic carbocycles. The molecule has 0 aliphatic carbocycles. The molecule has 0 spiro atoms. The van der Waals surface area contributed by atoms with Crippen molar-refractivity contribution in [3.05, 3.63) is 36.0 Å². The van der Waals surface area contributed by atoms with E-state index in [1.165, 1.54) is 14.7 Å². The highest BCUT2D eigenvalue weighted by Crippen LogP contribution is 2.26. The van der Waals surface area contributed by atoms with Crippen LogP contribution in [0.3, 0.4) is 0 Å². The summed E-state index contributed by atoms with van der Waals surface area (Å²) in [5.41, 5.74) is 18.3. The molecule has 0 radical (unpaired) electrons. The van der Waals surface area contributed by atoms with Crippen LogP contribution >= 0.6 is 0 Å². The van der Waals surface area contributed by atoms with Gasteiger partial charge >= 0.3 is 5.97 Å². The zero-order valence-corrected chi connectivity index (χ0v) is 29.6. The van der Waals surface area contributed by atoms with Crippen LogP contribution in [-0.2, 0) is 35.2 Å². The maximum atomic E-state index is 14.1. The number of aromatic nitrogens is 1. The Morgan fingerprint density at radius 1 is 0.868 bits per heavy atom. The lowest BCUT2D eigenvalue weighted by molar-refractivity contribution is -0.149. The van der Waals surface area contributed by atoms with Crippen LogP contribution in [0.2, 0.25) is 0 Å². The van der Waals surface area contributed by atoms with Crippen LogP contribution in [0.5, 0.6) is 0 Å². The van der Waals surface area contributed by atoms with Crippen LogP contribution in [0, 0.1) is 0 Å². The summed E-state index contributed by atoms with van der Waals surface area (Å²) in [5, 5.41) is 25.7. The maximum absolute atomic E-state index is 14.1. The van der Waals surface area contributed by atoms with E-state index < -0.39 is 78.4 Å². The predicted octanol–water partition coefficient (Wildman–Crippen LogP) is -1.89. The van der Waals surface area contributed by atoms with Gasteiger partial charge in [0.15, 0.2) is 5.96 Å². The van der Waals surface area contributed by atoms with E-state index in [-0.39, 0.29) is 51.3 Å². The zero-order valence-electron chi connectivity index (χ0n) is 29.6. The molecule has 18 nitrogen and oxygen atoms in total. The Kier molecular flexibility index (Phi) is 12.9. The smallest absolute Gasteiger partial charge is 0.326 e. The number of aliphatic hydroxyl groups excluding tert-OH is 1. The lowest BCUT2D eigenvalue weighted by atomic mass is 10.0. The number of hydrogen-bond acceptors (Lipinski definition) is 9. The summed E-state index contributed by atoms with van der Waals surface area (Å²) in [6.07, 6.45) is 4.72. The lowest BCUT2D eigenvalue weighted by Crippen LogP contribution is -2.59. The molecule has 4 heterocycles. The molecule has 3 fully saturated rings. The lowest BCUT2D eigenvalue weighted by Gasteiger charge is -2.32. The Bertz CT molecular complexity index is 1710. The third kappa shape index (κ3) is 9.05. The number of guanidine groups is 1. The number of H-pyrrole nitrogens is 1. The molecular formula is C35H50N10O8. The van der Waals surface area contributed by atoms with Crippen molar-refractivity contribution < 1.29 is 39.0 Å². The number of aromatic amines is 1. The van der Waals surface area contributed by atoms with E-state index in [2.05, 4.69) is 20.6 Å². The molecule has 2 aromatic rings. The quantitative estimate of drug-likeness (QED) is 0.0568. The molecule has 5 amide bonds. The number of nitrogens with one attached hydrogen (secondary N) is 3. The molecular weight excluding hydrogens is 688 g/mol. The number of carbonyl (C=O) groups excluding carboxylic acids is 5. The van der Waals surface area contributed by atoms with Crippen molar-refractivity contribution in [2.75, 3.05) is 32.8 Å². The Hall–Kier alpha value is -5.23. The fourth-order valence-corrected chi connectivity index (χ4v) is 7.59. The molecule has 11 N–H and O–H groups in total. The van der Waals surface area contributed by atoms with E-state index >= 15 is 0 Å². The summed E-state index contributed by atoms with van der Waals surface area (Å²) in [5.74, 6) is -4.02. The van der Waals surface area contributed by atoms with E-state index in [1.54, 1.807) is 6.20 Å². The number of amides is 5. The number of fused-ring (bicyclic) bond motifs is 1. The second kappa shape index (κ2) is 17.5. The molecule has 3 saturated heterocycles. The molecule has 18 heteroatoms. The molecule has 3 aliphatic rings. The van der Waals surface area contributed by atoms with Gasteiger partial charge in [-0.3, -0.25) is 29.0 Å². The number of aliphatic imine (C=N–C) groups is 1. The van der Waals surface area contributed by atoms with Crippen LogP contribution in [0.15, 0.2) is 35.5 Å². The van der Waals surface area contributed by atoms with Crippen LogP contribution in [0.4, 0.5) is 0 Å². The number of aliphatic hydroxyl groups is 1. The van der Waals surface area contributed by atoms with Crippen molar-refractivity contribution in [1.82, 2.24) is 30.3 Å². The van der Waals surface area contributed by atoms with Crippen molar-refractivity contribution in [2.24, 2.45) is 22.2 Å². The summed E-state index contributed by atoms with van der Waals surface area (Å²) in [6, 6.07) is 1.17. The number of carboxylic acid groups (broad SMARTS) is 1. The fraction of sp³-hybridized carbons (Fsp3) is 0.571. The van der Waals surface area contributed by atoms with Gasteiger partial charge in [0, 0.05) is 49.7 Å². The topological polar surface area (TPSA) is 283 Å². The van der Waals surface area contributed by atoms with E-state index in [1.807, 2.05) is 24.3 Å². The third-order valence-electron chi connectivity index (χ3n) is 10.3. The molecule has 1 aromatic heterocycles. The summed E-state index contributed by atoms with van der Waals surface area (Å²) in [6.45, 7) is 0.378. The van der Waals surface area contributed by atoms with Gasteiger partial charge in [-0.2, -0.15) is 0 Å². The largest absolute Gasteiger partial charge is 0.480 e. The van der Waals surface area contributed by atoms with Crippen molar-refractivity contribution in [3.8, 4) is 0 Å². The van der Waals surface area contributed by atoms with Crippen molar-refractivity contribution >= 4 is 52.4 Å². The van der Waals surface area contributed by atoms with Gasteiger partial charge in [-0.05, 0) is 63.0 Å². The highest BCUT2D eigenvalue weighted by atomic mass is 16.4. The van der Waals surface area contributed by atoms with E-state index in [4.69, 9.17) is 17.2 Å². The monoisotopic (exact) mass is 738 g/mol. The van der Waals surface area contributed by atoms with E-state index in [0.29, 0.717) is 38.6 Å². The van der Waals surface area contributed by atoms with Crippen LogP contribution in [0.1, 0.15) is 56.9 Å². The molecule has 0 bridgehead atoms. The second-order valence-electron chi connectivity index (χ2n) is 13.8. The number of hydrogen-bond donors (Lipinski definition) is 8. The van der Waals surface area contributed by atoms with Crippen LogP contribution in [-0.4, -0.2) is 140 Å². The molecule has 5 rings (SSSR count). The van der Waals surface area contributed by atoms with Gasteiger partial charge < -0.3 is 57.7 Å².